The van der Waals surface area contributed by atoms with Crippen LogP contribution in [0.4, 0.5) is 8.78 Å². The maximum atomic E-state index is 13.7. The number of aryl methyl sites for hydroxylation is 2. The highest BCUT2D eigenvalue weighted by atomic mass is 32.1. The first-order valence-corrected chi connectivity index (χ1v) is 10.4. The molecule has 1 aliphatic heterocycles. The standard InChI is InChI=1S/C21H23F2NO2S/c22-15-6-7-18(17(23)13-15)26-16-8-10-24(11-9-16)21(25)20-12-14-4-2-1-3-5-19(14)27-20/h6-7,12-13,16H,1-5,8-11H2. The molecule has 2 heterocycles. The Hall–Kier alpha value is -1.95. The van der Waals surface area contributed by atoms with E-state index in [0.29, 0.717) is 25.9 Å². The molecule has 1 saturated heterocycles. The fourth-order valence-corrected chi connectivity index (χ4v) is 5.08. The van der Waals surface area contributed by atoms with Crippen LogP contribution in [0.1, 0.15) is 52.2 Å². The van der Waals surface area contributed by atoms with E-state index in [0.717, 1.165) is 23.8 Å². The lowest BCUT2D eigenvalue weighted by atomic mass is 10.1. The highest BCUT2D eigenvalue weighted by Gasteiger charge is 2.27. The first-order chi connectivity index (χ1) is 13.1. The molecular weight excluding hydrogens is 368 g/mol. The van der Waals surface area contributed by atoms with Crippen LogP contribution in [0, 0.1) is 11.6 Å². The molecule has 1 aliphatic carbocycles. The number of rotatable bonds is 3. The third-order valence-electron chi connectivity index (χ3n) is 5.37. The van der Waals surface area contributed by atoms with Gasteiger partial charge in [0, 0.05) is 36.9 Å². The van der Waals surface area contributed by atoms with Gasteiger partial charge < -0.3 is 9.64 Å². The highest BCUT2D eigenvalue weighted by molar-refractivity contribution is 7.14. The Balaban J connectivity index is 1.35. The van der Waals surface area contributed by atoms with E-state index in [1.54, 1.807) is 11.3 Å². The molecule has 1 aromatic heterocycles. The number of nitrogens with zero attached hydrogens (tertiary/aromatic N) is 1. The van der Waals surface area contributed by atoms with Crippen LogP contribution in [-0.2, 0) is 12.8 Å². The average molecular weight is 391 g/mol. The van der Waals surface area contributed by atoms with E-state index in [-0.39, 0.29) is 17.8 Å². The SMILES string of the molecule is O=C(c1cc2c(s1)CCCCC2)N1CCC(Oc2ccc(F)cc2F)CC1. The van der Waals surface area contributed by atoms with Crippen molar-refractivity contribution in [3.05, 3.63) is 51.2 Å². The Morgan fingerprint density at radius 1 is 1.07 bits per heavy atom. The molecule has 0 N–H and O–H groups in total. The van der Waals surface area contributed by atoms with Crippen molar-refractivity contribution in [3.8, 4) is 5.75 Å². The van der Waals surface area contributed by atoms with Gasteiger partial charge in [-0.15, -0.1) is 11.3 Å². The van der Waals surface area contributed by atoms with E-state index in [2.05, 4.69) is 6.07 Å². The minimum atomic E-state index is -0.686. The first kappa shape index (κ1) is 18.4. The number of amides is 1. The van der Waals surface area contributed by atoms with Crippen LogP contribution in [-0.4, -0.2) is 30.0 Å². The molecule has 0 spiro atoms. The summed E-state index contributed by atoms with van der Waals surface area (Å²) in [6, 6.07) is 5.43. The Labute approximate surface area is 161 Å². The predicted molar refractivity (Wildman–Crippen MR) is 101 cm³/mol. The van der Waals surface area contributed by atoms with Crippen molar-refractivity contribution in [3.63, 3.8) is 0 Å². The van der Waals surface area contributed by atoms with Gasteiger partial charge in [-0.25, -0.2) is 8.78 Å². The molecule has 2 aliphatic rings. The fourth-order valence-electron chi connectivity index (χ4n) is 3.86. The summed E-state index contributed by atoms with van der Waals surface area (Å²) in [4.78, 5) is 16.9. The summed E-state index contributed by atoms with van der Waals surface area (Å²) in [6.07, 6.45) is 7.00. The van der Waals surface area contributed by atoms with Gasteiger partial charge in [0.25, 0.3) is 5.91 Å². The zero-order valence-corrected chi connectivity index (χ0v) is 16.0. The Bertz CT molecular complexity index is 804. The van der Waals surface area contributed by atoms with E-state index in [9.17, 15) is 13.6 Å². The summed E-state index contributed by atoms with van der Waals surface area (Å²) in [5.74, 6) is -1.13. The van der Waals surface area contributed by atoms with E-state index in [1.165, 1.54) is 41.8 Å². The number of benzene rings is 1. The van der Waals surface area contributed by atoms with E-state index in [1.807, 2.05) is 4.90 Å². The molecule has 27 heavy (non-hydrogen) atoms. The van der Waals surface area contributed by atoms with E-state index in [4.69, 9.17) is 4.74 Å². The van der Waals surface area contributed by atoms with E-state index >= 15 is 0 Å². The van der Waals surface area contributed by atoms with Crippen LogP contribution in [0.5, 0.6) is 5.75 Å². The number of carbonyl (C=O) groups is 1. The zero-order chi connectivity index (χ0) is 18.8. The molecule has 4 rings (SSSR count). The molecule has 0 bridgehead atoms. The summed E-state index contributed by atoms with van der Waals surface area (Å²) in [7, 11) is 0. The smallest absolute Gasteiger partial charge is 0.263 e. The Morgan fingerprint density at radius 2 is 1.85 bits per heavy atom. The number of fused-ring (bicyclic) bond motifs is 1. The van der Waals surface area contributed by atoms with Gasteiger partial charge in [-0.3, -0.25) is 4.79 Å². The fraction of sp³-hybridized carbons (Fsp3) is 0.476. The molecule has 6 heteroatoms. The van der Waals surface area contributed by atoms with Crippen molar-refractivity contribution in [2.45, 2.75) is 51.0 Å². The van der Waals surface area contributed by atoms with Crippen LogP contribution in [0.15, 0.2) is 24.3 Å². The van der Waals surface area contributed by atoms with Crippen molar-refractivity contribution in [1.82, 2.24) is 4.90 Å². The highest BCUT2D eigenvalue weighted by Crippen LogP contribution is 2.30. The van der Waals surface area contributed by atoms with Gasteiger partial charge in [0.2, 0.25) is 0 Å². The molecule has 2 aromatic rings. The largest absolute Gasteiger partial charge is 0.487 e. The summed E-state index contributed by atoms with van der Waals surface area (Å²) < 4.78 is 32.4. The summed E-state index contributed by atoms with van der Waals surface area (Å²) in [6.45, 7) is 1.18. The second kappa shape index (κ2) is 7.97. The normalized spacial score (nSPS) is 18.1. The van der Waals surface area contributed by atoms with Crippen molar-refractivity contribution in [2.24, 2.45) is 0 Å². The van der Waals surface area contributed by atoms with Crippen LogP contribution >= 0.6 is 11.3 Å². The molecule has 3 nitrogen and oxygen atoms in total. The van der Waals surface area contributed by atoms with Crippen molar-refractivity contribution in [2.75, 3.05) is 13.1 Å². The maximum absolute atomic E-state index is 13.7. The number of hydrogen-bond acceptors (Lipinski definition) is 3. The maximum Gasteiger partial charge on any atom is 0.263 e. The molecule has 0 radical (unpaired) electrons. The Kier molecular flexibility index (Phi) is 5.43. The van der Waals surface area contributed by atoms with Gasteiger partial charge >= 0.3 is 0 Å². The van der Waals surface area contributed by atoms with Gasteiger partial charge in [-0.2, -0.15) is 0 Å². The number of thiophene rings is 1. The second-order valence-electron chi connectivity index (χ2n) is 7.30. The molecule has 0 saturated carbocycles. The van der Waals surface area contributed by atoms with Crippen molar-refractivity contribution >= 4 is 17.2 Å². The van der Waals surface area contributed by atoms with Gasteiger partial charge in [0.05, 0.1) is 4.88 Å². The zero-order valence-electron chi connectivity index (χ0n) is 15.2. The van der Waals surface area contributed by atoms with Crippen LogP contribution in [0.25, 0.3) is 0 Å². The number of halogens is 2. The molecule has 144 valence electrons. The molecule has 1 fully saturated rings. The number of hydrogen-bond donors (Lipinski definition) is 0. The summed E-state index contributed by atoms with van der Waals surface area (Å²) in [5.41, 5.74) is 1.35. The summed E-state index contributed by atoms with van der Waals surface area (Å²) >= 11 is 1.65. The summed E-state index contributed by atoms with van der Waals surface area (Å²) in [5, 5.41) is 0. The minimum absolute atomic E-state index is 0.0724. The van der Waals surface area contributed by atoms with Gasteiger partial charge in [0.15, 0.2) is 11.6 Å². The number of carbonyl (C=O) groups excluding carboxylic acids is 1. The third kappa shape index (κ3) is 4.15. The van der Waals surface area contributed by atoms with E-state index < -0.39 is 11.6 Å². The predicted octanol–water partition coefficient (Wildman–Crippen LogP) is 4.98. The van der Waals surface area contributed by atoms with Gasteiger partial charge in [-0.1, -0.05) is 6.42 Å². The van der Waals surface area contributed by atoms with Gasteiger partial charge in [-0.05, 0) is 49.4 Å². The third-order valence-corrected chi connectivity index (χ3v) is 6.60. The molecular formula is C21H23F2NO2S. The average Bonchev–Trinajstić information content (AvgIpc) is 2.94. The van der Waals surface area contributed by atoms with Crippen molar-refractivity contribution in [1.29, 1.82) is 0 Å². The Morgan fingerprint density at radius 3 is 2.63 bits per heavy atom. The number of likely N-dealkylation sites (tertiary alicyclic amines) is 1. The second-order valence-corrected chi connectivity index (χ2v) is 8.44. The van der Waals surface area contributed by atoms with Crippen molar-refractivity contribution < 1.29 is 18.3 Å². The quantitative estimate of drug-likeness (QED) is 0.691. The lowest BCUT2D eigenvalue weighted by molar-refractivity contribution is 0.0592. The lowest BCUT2D eigenvalue weighted by Gasteiger charge is -2.32. The molecule has 1 amide bonds. The number of piperidine rings is 1. The van der Waals surface area contributed by atoms with Crippen LogP contribution in [0.2, 0.25) is 0 Å². The molecule has 0 atom stereocenters. The molecule has 1 aromatic carbocycles. The van der Waals surface area contributed by atoms with Crippen LogP contribution < -0.4 is 4.74 Å². The number of ether oxygens (including phenoxy) is 1. The minimum Gasteiger partial charge on any atom is -0.487 e. The van der Waals surface area contributed by atoms with Crippen LogP contribution in [0.3, 0.4) is 0 Å². The monoisotopic (exact) mass is 391 g/mol. The first-order valence-electron chi connectivity index (χ1n) is 9.63. The topological polar surface area (TPSA) is 29.5 Å². The molecule has 0 unspecified atom stereocenters. The lowest BCUT2D eigenvalue weighted by Crippen LogP contribution is -2.41. The van der Waals surface area contributed by atoms with Gasteiger partial charge in [0.1, 0.15) is 11.9 Å².